The van der Waals surface area contributed by atoms with Gasteiger partial charge in [-0.2, -0.15) is 8.42 Å². The van der Waals surface area contributed by atoms with Crippen molar-refractivity contribution in [3.63, 3.8) is 0 Å². The fourth-order valence-corrected chi connectivity index (χ4v) is 2.05. The van der Waals surface area contributed by atoms with Crippen LogP contribution in [0.2, 0.25) is 0 Å². The second-order valence-corrected chi connectivity index (χ2v) is 5.24. The Labute approximate surface area is 202 Å². The fourth-order valence-electron chi connectivity index (χ4n) is 1.23. The van der Waals surface area contributed by atoms with Gasteiger partial charge in [-0.3, -0.25) is 4.55 Å². The van der Waals surface area contributed by atoms with Crippen LogP contribution in [-0.4, -0.2) is 29.7 Å². The van der Waals surface area contributed by atoms with Crippen molar-refractivity contribution >= 4 is 22.1 Å². The molecule has 1 unspecified atom stereocenters. The number of hydrogen-bond donors (Lipinski definition) is 1. The minimum atomic E-state index is -5.17. The van der Waals surface area contributed by atoms with Crippen molar-refractivity contribution in [2.45, 2.75) is 24.0 Å². The van der Waals surface area contributed by atoms with Gasteiger partial charge in [0.25, 0.3) is 10.1 Å². The minimum Gasteiger partial charge on any atom is -0.550 e. The Kier molecular flexibility index (Phi) is 16.0. The van der Waals surface area contributed by atoms with E-state index in [9.17, 15) is 28.2 Å². The smallest absolute Gasteiger partial charge is 0.550 e. The average molecular weight is 354 g/mol. The maximum atomic E-state index is 11.1. The molecule has 0 bridgehead atoms. The molecule has 102 valence electrons. The zero-order valence-corrected chi connectivity index (χ0v) is 18.4. The molecule has 0 spiro atoms. The molecule has 0 saturated carbocycles. The van der Waals surface area contributed by atoms with Gasteiger partial charge in [0, 0.05) is 12.4 Å². The Hall–Kier alpha value is 1.60. The molecule has 0 fully saturated rings. The van der Waals surface area contributed by atoms with Crippen molar-refractivity contribution in [2.75, 3.05) is 0 Å². The average Bonchev–Trinajstić information content (AvgIpc) is 2.19. The van der Waals surface area contributed by atoms with Crippen LogP contribution in [0.15, 0.2) is 24.8 Å². The van der Waals surface area contributed by atoms with Crippen molar-refractivity contribution in [1.29, 1.82) is 0 Å². The standard InChI is InChI=1S/C10H14O7S.2K/c1-2-3-4-5-6-10(9(13)14,7-8(11)12)18(15,16)17;;/h2,4-5H,1,3,6-7H2,(H,11,12)(H,13,14)(H,15,16,17);;/q;2*+1/p-2. The second-order valence-electron chi connectivity index (χ2n) is 3.51. The van der Waals surface area contributed by atoms with Crippen LogP contribution in [-0.2, 0) is 19.7 Å². The van der Waals surface area contributed by atoms with Crippen molar-refractivity contribution in [1.82, 2.24) is 0 Å². The molecule has 0 heterocycles. The van der Waals surface area contributed by atoms with Gasteiger partial charge in [-0.05, 0) is 12.8 Å². The van der Waals surface area contributed by atoms with E-state index in [1.54, 1.807) is 0 Å². The number of rotatable bonds is 8. The number of carboxylic acids is 2. The third-order valence-electron chi connectivity index (χ3n) is 2.21. The maximum Gasteiger partial charge on any atom is 1.00 e. The third-order valence-corrected chi connectivity index (χ3v) is 3.68. The first kappa shape index (κ1) is 26.5. The summed E-state index contributed by atoms with van der Waals surface area (Å²) in [4.78, 5) is 21.3. The first-order valence-corrected chi connectivity index (χ1v) is 6.25. The second kappa shape index (κ2) is 12.1. The number of aliphatic carboxylic acids is 2. The molecule has 20 heavy (non-hydrogen) atoms. The van der Waals surface area contributed by atoms with Gasteiger partial charge in [0.2, 0.25) is 0 Å². The van der Waals surface area contributed by atoms with Crippen LogP contribution in [0, 0.1) is 0 Å². The predicted molar refractivity (Wildman–Crippen MR) is 57.5 cm³/mol. The topological polar surface area (TPSA) is 135 Å². The largest absolute Gasteiger partial charge is 1.00 e. The van der Waals surface area contributed by atoms with Crippen LogP contribution < -0.4 is 113 Å². The summed E-state index contributed by atoms with van der Waals surface area (Å²) in [6, 6.07) is 0. The number of carbonyl (C=O) groups excluding carboxylic acids is 2. The van der Waals surface area contributed by atoms with Gasteiger partial charge in [-0.15, -0.1) is 6.58 Å². The molecule has 1 atom stereocenters. The maximum absolute atomic E-state index is 11.1. The molecule has 0 aliphatic rings. The quantitative estimate of drug-likeness (QED) is 0.260. The monoisotopic (exact) mass is 354 g/mol. The zero-order valence-electron chi connectivity index (χ0n) is 11.4. The molecule has 1 N–H and O–H groups in total. The summed E-state index contributed by atoms with van der Waals surface area (Å²) >= 11 is 0. The SMILES string of the molecule is C=CCC=CCC(CC(=O)[O-])(C(=O)[O-])S(=O)(=O)O.[K+].[K+]. The first-order chi connectivity index (χ1) is 8.17. The molecule has 0 rings (SSSR count). The van der Waals surface area contributed by atoms with E-state index in [0.717, 1.165) is 6.08 Å². The van der Waals surface area contributed by atoms with E-state index >= 15 is 0 Å². The van der Waals surface area contributed by atoms with E-state index in [-0.39, 0.29) is 103 Å². The molecule has 0 aromatic heterocycles. The van der Waals surface area contributed by atoms with Gasteiger partial charge in [0.1, 0.15) is 4.75 Å². The van der Waals surface area contributed by atoms with E-state index in [2.05, 4.69) is 6.58 Å². The van der Waals surface area contributed by atoms with Crippen molar-refractivity contribution in [3.05, 3.63) is 24.8 Å². The Morgan fingerprint density at radius 1 is 1.20 bits per heavy atom. The Balaban J connectivity index is -0.00000144. The Morgan fingerprint density at radius 2 is 1.70 bits per heavy atom. The number of carboxylic acid groups (broad SMARTS) is 2. The zero-order chi connectivity index (χ0) is 14.4. The van der Waals surface area contributed by atoms with Gasteiger partial charge in [-0.25, -0.2) is 0 Å². The summed E-state index contributed by atoms with van der Waals surface area (Å²) in [7, 11) is -5.17. The van der Waals surface area contributed by atoms with Crippen LogP contribution in [0.4, 0.5) is 0 Å². The van der Waals surface area contributed by atoms with E-state index in [0.29, 0.717) is 6.42 Å². The van der Waals surface area contributed by atoms with Gasteiger partial charge in [0.15, 0.2) is 0 Å². The third kappa shape index (κ3) is 8.29. The molecule has 7 nitrogen and oxygen atoms in total. The van der Waals surface area contributed by atoms with Gasteiger partial charge < -0.3 is 19.8 Å². The summed E-state index contributed by atoms with van der Waals surface area (Å²) < 4.78 is 28.1. The minimum absolute atomic E-state index is 0. The summed E-state index contributed by atoms with van der Waals surface area (Å²) in [6.45, 7) is 3.38. The van der Waals surface area contributed by atoms with Crippen molar-refractivity contribution < 1.29 is 136 Å². The molecule has 0 aromatic carbocycles. The van der Waals surface area contributed by atoms with Gasteiger partial charge >= 0.3 is 103 Å². The Morgan fingerprint density at radius 3 is 2.00 bits per heavy atom. The van der Waals surface area contributed by atoms with Crippen LogP contribution in [0.5, 0.6) is 0 Å². The summed E-state index contributed by atoms with van der Waals surface area (Å²) in [6.07, 6.45) is 2.16. The molecular weight excluding hydrogens is 342 g/mol. The van der Waals surface area contributed by atoms with Crippen LogP contribution >= 0.6 is 0 Å². The van der Waals surface area contributed by atoms with Crippen LogP contribution in [0.25, 0.3) is 0 Å². The van der Waals surface area contributed by atoms with Gasteiger partial charge in [-0.1, -0.05) is 18.2 Å². The molecule has 0 aromatic rings. The van der Waals surface area contributed by atoms with Crippen LogP contribution in [0.1, 0.15) is 19.3 Å². The van der Waals surface area contributed by atoms with E-state index in [4.69, 9.17) is 4.55 Å². The van der Waals surface area contributed by atoms with E-state index < -0.39 is 39.6 Å². The fraction of sp³-hybridized carbons (Fsp3) is 0.400. The molecule has 0 saturated heterocycles. The van der Waals surface area contributed by atoms with Crippen molar-refractivity contribution in [2.24, 2.45) is 0 Å². The number of carbonyl (C=O) groups is 2. The normalized spacial score (nSPS) is 13.7. The molecule has 0 amide bonds. The molecule has 0 aliphatic heterocycles. The molecule has 0 aliphatic carbocycles. The first-order valence-electron chi connectivity index (χ1n) is 4.81. The van der Waals surface area contributed by atoms with E-state index in [1.807, 2.05) is 0 Å². The van der Waals surface area contributed by atoms with Crippen molar-refractivity contribution in [3.8, 4) is 0 Å². The predicted octanol–water partition coefficient (Wildman–Crippen LogP) is -7.97. The Bertz CT molecular complexity index is 472. The summed E-state index contributed by atoms with van der Waals surface area (Å²) in [5, 5.41) is 21.3. The number of allylic oxidation sites excluding steroid dienone is 3. The van der Waals surface area contributed by atoms with E-state index in [1.165, 1.54) is 12.2 Å². The number of hydrogen-bond acceptors (Lipinski definition) is 6. The summed E-state index contributed by atoms with van der Waals surface area (Å²) in [5.74, 6) is -4.12. The van der Waals surface area contributed by atoms with Crippen LogP contribution in [0.3, 0.4) is 0 Å². The molecular formula is C10H12K2O7S. The van der Waals surface area contributed by atoms with Gasteiger partial charge in [0.05, 0.1) is 5.97 Å². The molecule has 10 heteroatoms. The summed E-state index contributed by atoms with van der Waals surface area (Å²) in [5.41, 5.74) is 0. The molecule has 0 radical (unpaired) electrons.